The van der Waals surface area contributed by atoms with E-state index in [0.29, 0.717) is 11.3 Å². The van der Waals surface area contributed by atoms with Gasteiger partial charge in [0, 0.05) is 16.9 Å². The van der Waals surface area contributed by atoms with Gasteiger partial charge in [0.2, 0.25) is 0 Å². The number of fused-ring (bicyclic) bond motifs is 1. The van der Waals surface area contributed by atoms with Crippen molar-refractivity contribution in [2.75, 3.05) is 7.11 Å². The maximum Gasteiger partial charge on any atom is 0.348 e. The number of methoxy groups -OCH3 is 1. The van der Waals surface area contributed by atoms with Crippen LogP contribution in [0.1, 0.15) is 45.9 Å². The van der Waals surface area contributed by atoms with Crippen molar-refractivity contribution in [3.05, 3.63) is 46.3 Å². The van der Waals surface area contributed by atoms with E-state index in [1.54, 1.807) is 11.8 Å². The Morgan fingerprint density at radius 2 is 1.91 bits per heavy atom. The second-order valence-electron chi connectivity index (χ2n) is 6.42. The molecule has 0 N–H and O–H groups in total. The molecule has 1 aromatic heterocycles. The molecule has 5 heteroatoms. The Hall–Kier alpha value is -1.59. The van der Waals surface area contributed by atoms with E-state index in [1.807, 2.05) is 30.3 Å². The minimum Gasteiger partial charge on any atom is -0.465 e. The Morgan fingerprint density at radius 1 is 1.22 bits per heavy atom. The Labute approximate surface area is 144 Å². The van der Waals surface area contributed by atoms with Gasteiger partial charge in [-0.15, -0.1) is 11.3 Å². The highest BCUT2D eigenvalue weighted by Gasteiger charge is 2.37. The summed E-state index contributed by atoms with van der Waals surface area (Å²) in [5.41, 5.74) is 1.47. The van der Waals surface area contributed by atoms with Crippen molar-refractivity contribution in [1.29, 1.82) is 0 Å². The van der Waals surface area contributed by atoms with Gasteiger partial charge in [0.05, 0.1) is 11.3 Å². The van der Waals surface area contributed by atoms with E-state index in [0.717, 1.165) is 26.7 Å². The number of Topliss-reactive ketones (excluding diaryl/α,β-unsaturated/α-hetero) is 1. The predicted octanol–water partition coefficient (Wildman–Crippen LogP) is 4.84. The molecule has 3 rings (SSSR count). The van der Waals surface area contributed by atoms with Gasteiger partial charge in [0.1, 0.15) is 4.88 Å². The van der Waals surface area contributed by atoms with E-state index in [4.69, 9.17) is 4.74 Å². The fraction of sp³-hybridized carbons (Fsp3) is 0.333. The summed E-state index contributed by atoms with van der Waals surface area (Å²) in [6, 6.07) is 9.91. The van der Waals surface area contributed by atoms with Gasteiger partial charge < -0.3 is 4.74 Å². The molecule has 0 bridgehead atoms. The minimum atomic E-state index is -0.350. The maximum atomic E-state index is 12.7. The van der Waals surface area contributed by atoms with Gasteiger partial charge >= 0.3 is 5.97 Å². The summed E-state index contributed by atoms with van der Waals surface area (Å²) in [6.07, 6.45) is 1.24. The molecule has 0 fully saturated rings. The molecule has 0 saturated heterocycles. The molecule has 0 unspecified atom stereocenters. The largest absolute Gasteiger partial charge is 0.465 e. The van der Waals surface area contributed by atoms with Crippen molar-refractivity contribution in [2.45, 2.75) is 35.8 Å². The molecule has 1 aliphatic rings. The van der Waals surface area contributed by atoms with E-state index >= 15 is 0 Å². The zero-order chi connectivity index (χ0) is 16.6. The van der Waals surface area contributed by atoms with E-state index < -0.39 is 0 Å². The molecule has 2 aromatic rings. The molecule has 23 heavy (non-hydrogen) atoms. The van der Waals surface area contributed by atoms with Crippen molar-refractivity contribution in [2.24, 2.45) is 5.41 Å². The van der Waals surface area contributed by atoms with Crippen LogP contribution in [0.4, 0.5) is 0 Å². The predicted molar refractivity (Wildman–Crippen MR) is 92.7 cm³/mol. The SMILES string of the molecule is COC(=O)c1sc(Sc2ccccc2)c2c1CC(C)(C)CC2=O. The Kier molecular flexibility index (Phi) is 4.34. The molecule has 0 atom stereocenters. The lowest BCUT2D eigenvalue weighted by molar-refractivity contribution is 0.0604. The molecule has 3 nitrogen and oxygen atoms in total. The maximum absolute atomic E-state index is 12.7. The Balaban J connectivity index is 2.09. The average Bonchev–Trinajstić information content (AvgIpc) is 2.84. The zero-order valence-corrected chi connectivity index (χ0v) is 15.0. The molecule has 1 aliphatic carbocycles. The number of ketones is 1. The van der Waals surface area contributed by atoms with Crippen LogP contribution in [0.5, 0.6) is 0 Å². The minimum absolute atomic E-state index is 0.122. The van der Waals surface area contributed by atoms with Gasteiger partial charge in [0.25, 0.3) is 0 Å². The third kappa shape index (κ3) is 3.21. The number of benzene rings is 1. The molecule has 0 radical (unpaired) electrons. The summed E-state index contributed by atoms with van der Waals surface area (Å²) < 4.78 is 5.82. The van der Waals surface area contributed by atoms with Gasteiger partial charge in [-0.2, -0.15) is 0 Å². The molecule has 1 aromatic carbocycles. The fourth-order valence-electron chi connectivity index (χ4n) is 2.88. The van der Waals surface area contributed by atoms with Crippen molar-refractivity contribution in [3.8, 4) is 0 Å². The Morgan fingerprint density at radius 3 is 2.57 bits per heavy atom. The summed E-state index contributed by atoms with van der Waals surface area (Å²) >= 11 is 2.92. The van der Waals surface area contributed by atoms with Gasteiger partial charge in [-0.1, -0.05) is 43.8 Å². The van der Waals surface area contributed by atoms with Gasteiger partial charge in [-0.05, 0) is 29.5 Å². The quantitative estimate of drug-likeness (QED) is 0.746. The molecule has 1 heterocycles. The van der Waals surface area contributed by atoms with Crippen LogP contribution in [0.25, 0.3) is 0 Å². The van der Waals surface area contributed by atoms with Gasteiger partial charge in [-0.25, -0.2) is 4.79 Å². The molecule has 0 saturated carbocycles. The van der Waals surface area contributed by atoms with Crippen LogP contribution in [0, 0.1) is 5.41 Å². The van der Waals surface area contributed by atoms with E-state index in [9.17, 15) is 9.59 Å². The normalized spacial score (nSPS) is 16.0. The number of hydrogen-bond acceptors (Lipinski definition) is 5. The van der Waals surface area contributed by atoms with Crippen LogP contribution in [0.2, 0.25) is 0 Å². The summed E-state index contributed by atoms with van der Waals surface area (Å²) in [5, 5.41) is 0. The summed E-state index contributed by atoms with van der Waals surface area (Å²) in [4.78, 5) is 26.4. The first-order valence-electron chi connectivity index (χ1n) is 7.41. The molecular weight excluding hydrogens is 328 g/mol. The topological polar surface area (TPSA) is 43.4 Å². The molecular formula is C18H18O3S2. The lowest BCUT2D eigenvalue weighted by Crippen LogP contribution is -2.27. The fourth-order valence-corrected chi connectivity index (χ4v) is 5.42. The first kappa shape index (κ1) is 16.3. The van der Waals surface area contributed by atoms with Gasteiger partial charge in [-0.3, -0.25) is 4.79 Å². The number of carbonyl (C=O) groups is 2. The van der Waals surface area contributed by atoms with Crippen LogP contribution < -0.4 is 0 Å². The highest BCUT2D eigenvalue weighted by Crippen LogP contribution is 2.46. The third-order valence-electron chi connectivity index (χ3n) is 3.87. The van der Waals surface area contributed by atoms with Crippen molar-refractivity contribution in [3.63, 3.8) is 0 Å². The van der Waals surface area contributed by atoms with Crippen LogP contribution in [0.3, 0.4) is 0 Å². The highest BCUT2D eigenvalue weighted by molar-refractivity contribution is 8.01. The van der Waals surface area contributed by atoms with Crippen molar-refractivity contribution >= 4 is 34.9 Å². The average molecular weight is 346 g/mol. The monoisotopic (exact) mass is 346 g/mol. The van der Waals surface area contributed by atoms with E-state index in [1.165, 1.54) is 18.4 Å². The second-order valence-corrected chi connectivity index (χ2v) is 8.78. The lowest BCUT2D eigenvalue weighted by Gasteiger charge is -2.29. The summed E-state index contributed by atoms with van der Waals surface area (Å²) in [7, 11) is 1.38. The third-order valence-corrected chi connectivity index (χ3v) is 6.28. The standard InChI is InChI=1S/C18H18O3S2/c1-18(2)9-12-14(13(19)10-18)17(23-15(12)16(20)21-3)22-11-7-5-4-6-8-11/h4-8H,9-10H2,1-3H3. The number of thiophene rings is 1. The number of rotatable bonds is 3. The molecule has 0 amide bonds. The Bertz CT molecular complexity index is 760. The number of hydrogen-bond donors (Lipinski definition) is 0. The zero-order valence-electron chi connectivity index (χ0n) is 13.3. The van der Waals surface area contributed by atoms with Crippen LogP contribution in [-0.2, 0) is 11.2 Å². The second kappa shape index (κ2) is 6.13. The van der Waals surface area contributed by atoms with E-state index in [2.05, 4.69) is 13.8 Å². The van der Waals surface area contributed by atoms with Crippen LogP contribution >= 0.6 is 23.1 Å². The van der Waals surface area contributed by atoms with E-state index in [-0.39, 0.29) is 17.2 Å². The molecule has 120 valence electrons. The van der Waals surface area contributed by atoms with Crippen LogP contribution in [-0.4, -0.2) is 18.9 Å². The smallest absolute Gasteiger partial charge is 0.348 e. The lowest BCUT2D eigenvalue weighted by atomic mass is 9.74. The van der Waals surface area contributed by atoms with Crippen molar-refractivity contribution < 1.29 is 14.3 Å². The first-order valence-corrected chi connectivity index (χ1v) is 9.05. The number of ether oxygens (including phenoxy) is 1. The number of esters is 1. The summed E-state index contributed by atoms with van der Waals surface area (Å²) in [6.45, 7) is 4.13. The molecule has 0 aliphatic heterocycles. The first-order chi connectivity index (χ1) is 10.9. The number of carbonyl (C=O) groups excluding carboxylic acids is 2. The summed E-state index contributed by atoms with van der Waals surface area (Å²) in [5.74, 6) is -0.224. The molecule has 0 spiro atoms. The van der Waals surface area contributed by atoms with Crippen LogP contribution in [0.15, 0.2) is 39.4 Å². The van der Waals surface area contributed by atoms with Crippen molar-refractivity contribution in [1.82, 2.24) is 0 Å². The highest BCUT2D eigenvalue weighted by atomic mass is 32.2. The van der Waals surface area contributed by atoms with Gasteiger partial charge in [0.15, 0.2) is 5.78 Å².